The van der Waals surface area contributed by atoms with Gasteiger partial charge in [0.05, 0.1) is 6.61 Å². The van der Waals surface area contributed by atoms with E-state index >= 15 is 0 Å². The molecular weight excluding hydrogens is 197 g/mol. The Morgan fingerprint density at radius 1 is 1.47 bits per heavy atom. The summed E-state index contributed by atoms with van der Waals surface area (Å²) in [5.41, 5.74) is 0.699. The van der Waals surface area contributed by atoms with Gasteiger partial charge in [-0.15, -0.1) is 0 Å². The number of aliphatic hydroxyl groups is 1. The third-order valence-corrected chi connectivity index (χ3v) is 1.90. The molecule has 0 saturated heterocycles. The summed E-state index contributed by atoms with van der Waals surface area (Å²) < 4.78 is 18.4. The van der Waals surface area contributed by atoms with Crippen molar-refractivity contribution in [1.82, 2.24) is 0 Å². The number of aliphatic hydroxyl groups excluding tert-OH is 1. The van der Waals surface area contributed by atoms with Gasteiger partial charge in [0.2, 0.25) is 0 Å². The number of benzene rings is 1. The van der Waals surface area contributed by atoms with Crippen molar-refractivity contribution in [2.75, 3.05) is 25.1 Å². The molecule has 0 aliphatic heterocycles. The van der Waals surface area contributed by atoms with Crippen molar-refractivity contribution in [1.29, 1.82) is 0 Å². The topological polar surface area (TPSA) is 41.5 Å². The summed E-state index contributed by atoms with van der Waals surface area (Å²) in [4.78, 5) is 0. The highest BCUT2D eigenvalue weighted by Crippen LogP contribution is 2.20. The number of halogens is 1. The smallest absolute Gasteiger partial charge is 0.167 e. The normalized spacial score (nSPS) is 10.1. The summed E-state index contributed by atoms with van der Waals surface area (Å²) in [6.07, 6.45) is 0.648. The van der Waals surface area contributed by atoms with Gasteiger partial charge in [0, 0.05) is 24.9 Å². The van der Waals surface area contributed by atoms with Gasteiger partial charge in [-0.2, -0.15) is 0 Å². The zero-order chi connectivity index (χ0) is 11.1. The predicted molar refractivity (Wildman–Crippen MR) is 57.8 cm³/mol. The highest BCUT2D eigenvalue weighted by Gasteiger charge is 2.03. The highest BCUT2D eigenvalue weighted by molar-refractivity contribution is 5.47. The van der Waals surface area contributed by atoms with Crippen LogP contribution in [0.4, 0.5) is 10.1 Å². The van der Waals surface area contributed by atoms with Crippen LogP contribution in [-0.2, 0) is 0 Å². The standard InChI is InChI=1S/C11H16FNO2/c1-2-15-11-5-4-9(8-10(11)12)13-6-3-7-14/h4-5,8,13-14H,2-3,6-7H2,1H3. The lowest BCUT2D eigenvalue weighted by molar-refractivity contribution is 0.292. The molecule has 0 saturated carbocycles. The van der Waals surface area contributed by atoms with Crippen LogP contribution in [0, 0.1) is 5.82 Å². The van der Waals surface area contributed by atoms with E-state index in [1.807, 2.05) is 6.92 Å². The second-order valence-electron chi connectivity index (χ2n) is 3.08. The maximum absolute atomic E-state index is 13.3. The molecule has 0 bridgehead atoms. The van der Waals surface area contributed by atoms with Gasteiger partial charge >= 0.3 is 0 Å². The van der Waals surface area contributed by atoms with Crippen LogP contribution in [0.5, 0.6) is 5.75 Å². The molecule has 0 aliphatic rings. The van der Waals surface area contributed by atoms with E-state index in [-0.39, 0.29) is 18.2 Å². The first kappa shape index (κ1) is 11.8. The third kappa shape index (κ3) is 3.75. The number of hydrogen-bond acceptors (Lipinski definition) is 3. The molecule has 0 spiro atoms. The summed E-state index contributed by atoms with van der Waals surface area (Å²) in [7, 11) is 0. The first-order chi connectivity index (χ1) is 7.27. The first-order valence-electron chi connectivity index (χ1n) is 5.05. The molecule has 2 N–H and O–H groups in total. The van der Waals surface area contributed by atoms with E-state index in [1.54, 1.807) is 12.1 Å². The molecule has 3 nitrogen and oxygen atoms in total. The molecule has 0 unspecified atom stereocenters. The van der Waals surface area contributed by atoms with E-state index in [0.717, 1.165) is 0 Å². The Bertz CT molecular complexity index is 305. The van der Waals surface area contributed by atoms with Crippen molar-refractivity contribution in [3.05, 3.63) is 24.0 Å². The average Bonchev–Trinajstić information content (AvgIpc) is 2.23. The Kier molecular flexibility index (Phi) is 4.90. The monoisotopic (exact) mass is 213 g/mol. The molecule has 1 aromatic rings. The molecule has 4 heteroatoms. The van der Waals surface area contributed by atoms with Gasteiger partial charge in [-0.1, -0.05) is 0 Å². The lowest BCUT2D eigenvalue weighted by Gasteiger charge is -2.08. The minimum atomic E-state index is -0.370. The maximum atomic E-state index is 13.3. The van der Waals surface area contributed by atoms with Crippen LogP contribution in [0.15, 0.2) is 18.2 Å². The SMILES string of the molecule is CCOc1ccc(NCCCO)cc1F. The predicted octanol–water partition coefficient (Wildman–Crippen LogP) is 2.02. The number of ether oxygens (including phenoxy) is 1. The average molecular weight is 213 g/mol. The maximum Gasteiger partial charge on any atom is 0.167 e. The molecule has 0 atom stereocenters. The van der Waals surface area contributed by atoms with Crippen molar-refractivity contribution in [2.45, 2.75) is 13.3 Å². The summed E-state index contributed by atoms with van der Waals surface area (Å²) in [5, 5.41) is 11.6. The van der Waals surface area contributed by atoms with Crippen LogP contribution in [0.2, 0.25) is 0 Å². The molecule has 0 amide bonds. The lowest BCUT2D eigenvalue weighted by atomic mass is 10.3. The first-order valence-corrected chi connectivity index (χ1v) is 5.05. The van der Waals surface area contributed by atoms with E-state index in [9.17, 15) is 4.39 Å². The summed E-state index contributed by atoms with van der Waals surface area (Å²) in [6, 6.07) is 4.74. The largest absolute Gasteiger partial charge is 0.491 e. The molecule has 15 heavy (non-hydrogen) atoms. The van der Waals surface area contributed by atoms with E-state index in [0.29, 0.717) is 25.3 Å². The second-order valence-corrected chi connectivity index (χ2v) is 3.08. The van der Waals surface area contributed by atoms with Crippen LogP contribution >= 0.6 is 0 Å². The third-order valence-electron chi connectivity index (χ3n) is 1.90. The van der Waals surface area contributed by atoms with Gasteiger partial charge in [-0.3, -0.25) is 0 Å². The zero-order valence-electron chi connectivity index (χ0n) is 8.79. The molecule has 1 aromatic carbocycles. The fourth-order valence-electron chi connectivity index (χ4n) is 1.20. The fourth-order valence-corrected chi connectivity index (χ4v) is 1.20. The number of nitrogens with one attached hydrogen (secondary N) is 1. The molecule has 0 aliphatic carbocycles. The van der Waals surface area contributed by atoms with Gasteiger partial charge in [-0.25, -0.2) is 4.39 Å². The Morgan fingerprint density at radius 2 is 2.27 bits per heavy atom. The Labute approximate surface area is 88.9 Å². The lowest BCUT2D eigenvalue weighted by Crippen LogP contribution is -2.04. The minimum Gasteiger partial charge on any atom is -0.491 e. The van der Waals surface area contributed by atoms with Gasteiger partial charge in [0.25, 0.3) is 0 Å². The molecule has 1 rings (SSSR count). The Morgan fingerprint density at radius 3 is 2.87 bits per heavy atom. The minimum absolute atomic E-state index is 0.131. The van der Waals surface area contributed by atoms with Gasteiger partial charge < -0.3 is 15.2 Å². The van der Waals surface area contributed by atoms with Crippen molar-refractivity contribution < 1.29 is 14.2 Å². The van der Waals surface area contributed by atoms with E-state index in [4.69, 9.17) is 9.84 Å². The summed E-state index contributed by atoms with van der Waals surface area (Å²) >= 11 is 0. The fraction of sp³-hybridized carbons (Fsp3) is 0.455. The van der Waals surface area contributed by atoms with Crippen LogP contribution in [-0.4, -0.2) is 24.9 Å². The molecule has 84 valence electrons. The molecular formula is C11H16FNO2. The van der Waals surface area contributed by atoms with Crippen molar-refractivity contribution in [3.8, 4) is 5.75 Å². The van der Waals surface area contributed by atoms with E-state index in [1.165, 1.54) is 6.07 Å². The summed E-state index contributed by atoms with van der Waals surface area (Å²) in [6.45, 7) is 3.03. The quantitative estimate of drug-likeness (QED) is 0.710. The van der Waals surface area contributed by atoms with Crippen molar-refractivity contribution in [2.24, 2.45) is 0 Å². The van der Waals surface area contributed by atoms with E-state index in [2.05, 4.69) is 5.32 Å². The molecule has 0 fully saturated rings. The van der Waals surface area contributed by atoms with Crippen LogP contribution < -0.4 is 10.1 Å². The summed E-state index contributed by atoms with van der Waals surface area (Å²) in [5.74, 6) is -0.101. The van der Waals surface area contributed by atoms with Gasteiger partial charge in [-0.05, 0) is 25.5 Å². The number of anilines is 1. The highest BCUT2D eigenvalue weighted by atomic mass is 19.1. The molecule has 0 heterocycles. The molecule has 0 radical (unpaired) electrons. The van der Waals surface area contributed by atoms with Crippen LogP contribution in [0.1, 0.15) is 13.3 Å². The Hall–Kier alpha value is -1.29. The Balaban J connectivity index is 2.56. The van der Waals surface area contributed by atoms with E-state index < -0.39 is 0 Å². The zero-order valence-corrected chi connectivity index (χ0v) is 8.79. The second kappa shape index (κ2) is 6.24. The van der Waals surface area contributed by atoms with Gasteiger partial charge in [0.1, 0.15) is 0 Å². The number of rotatable bonds is 6. The van der Waals surface area contributed by atoms with Crippen molar-refractivity contribution in [3.63, 3.8) is 0 Å². The number of hydrogen-bond donors (Lipinski definition) is 2. The van der Waals surface area contributed by atoms with Crippen LogP contribution in [0.3, 0.4) is 0 Å². The van der Waals surface area contributed by atoms with Crippen LogP contribution in [0.25, 0.3) is 0 Å². The molecule has 0 aromatic heterocycles. The van der Waals surface area contributed by atoms with Gasteiger partial charge in [0.15, 0.2) is 11.6 Å². The van der Waals surface area contributed by atoms with Crippen molar-refractivity contribution >= 4 is 5.69 Å².